The van der Waals surface area contributed by atoms with E-state index in [1.54, 1.807) is 13.0 Å². The number of amides is 2. The van der Waals surface area contributed by atoms with Crippen molar-refractivity contribution in [2.45, 2.75) is 19.9 Å². The van der Waals surface area contributed by atoms with Crippen LogP contribution in [-0.4, -0.2) is 22.8 Å². The highest BCUT2D eigenvalue weighted by Crippen LogP contribution is 2.31. The standard InChI is InChI=1S/C18H15F2N3O3S/c1-9(21-17(25)14-4-3-7-26-14)16(24)23-18-22-15(10(2)27-18)11-5-6-12(19)13(20)8-11/h3-9H,1-2H3,(H,21,25)(H,22,23,24)/t9-/m0/s1. The maximum atomic E-state index is 13.4. The van der Waals surface area contributed by atoms with E-state index < -0.39 is 29.5 Å². The molecule has 2 N–H and O–H groups in total. The van der Waals surface area contributed by atoms with E-state index >= 15 is 0 Å². The normalized spacial score (nSPS) is 11.9. The summed E-state index contributed by atoms with van der Waals surface area (Å²) in [6.45, 7) is 3.28. The topological polar surface area (TPSA) is 84.2 Å². The molecule has 1 aromatic carbocycles. The van der Waals surface area contributed by atoms with Crippen LogP contribution in [-0.2, 0) is 4.79 Å². The molecule has 3 rings (SSSR count). The number of thiazole rings is 1. The number of benzene rings is 1. The van der Waals surface area contributed by atoms with Gasteiger partial charge in [-0.2, -0.15) is 0 Å². The fourth-order valence-electron chi connectivity index (χ4n) is 2.32. The largest absolute Gasteiger partial charge is 0.459 e. The van der Waals surface area contributed by atoms with Crippen molar-refractivity contribution in [2.75, 3.05) is 5.32 Å². The van der Waals surface area contributed by atoms with Gasteiger partial charge in [0, 0.05) is 10.4 Å². The lowest BCUT2D eigenvalue weighted by Gasteiger charge is -2.11. The summed E-state index contributed by atoms with van der Waals surface area (Å²) in [7, 11) is 0. The monoisotopic (exact) mass is 391 g/mol. The van der Waals surface area contributed by atoms with Crippen molar-refractivity contribution >= 4 is 28.3 Å². The van der Waals surface area contributed by atoms with Crippen molar-refractivity contribution in [1.82, 2.24) is 10.3 Å². The molecule has 0 spiro atoms. The van der Waals surface area contributed by atoms with Gasteiger partial charge < -0.3 is 15.1 Å². The van der Waals surface area contributed by atoms with Gasteiger partial charge in [0.05, 0.1) is 12.0 Å². The molecular formula is C18H15F2N3O3S. The molecule has 0 saturated heterocycles. The Morgan fingerprint density at radius 1 is 1.22 bits per heavy atom. The first-order chi connectivity index (χ1) is 12.8. The maximum Gasteiger partial charge on any atom is 0.287 e. The first-order valence-electron chi connectivity index (χ1n) is 7.93. The van der Waals surface area contributed by atoms with Crippen LogP contribution < -0.4 is 10.6 Å². The third-order valence-electron chi connectivity index (χ3n) is 3.71. The number of carbonyl (C=O) groups excluding carboxylic acids is 2. The second-order valence-electron chi connectivity index (χ2n) is 5.71. The molecule has 0 bridgehead atoms. The fraction of sp³-hybridized carbons (Fsp3) is 0.167. The van der Waals surface area contributed by atoms with E-state index in [0.29, 0.717) is 11.3 Å². The van der Waals surface area contributed by atoms with Gasteiger partial charge in [-0.25, -0.2) is 13.8 Å². The third-order valence-corrected chi connectivity index (χ3v) is 4.59. The minimum absolute atomic E-state index is 0.0976. The second kappa shape index (κ2) is 7.67. The van der Waals surface area contributed by atoms with Gasteiger partial charge in [-0.1, -0.05) is 0 Å². The van der Waals surface area contributed by atoms with E-state index in [0.717, 1.165) is 17.0 Å². The lowest BCUT2D eigenvalue weighted by atomic mass is 10.1. The third kappa shape index (κ3) is 4.20. The fourth-order valence-corrected chi connectivity index (χ4v) is 3.15. The summed E-state index contributed by atoms with van der Waals surface area (Å²) >= 11 is 1.19. The van der Waals surface area contributed by atoms with E-state index in [1.165, 1.54) is 36.7 Å². The first kappa shape index (κ1) is 18.7. The molecule has 1 atom stereocenters. The van der Waals surface area contributed by atoms with E-state index in [1.807, 2.05) is 0 Å². The molecule has 3 aromatic rings. The summed E-state index contributed by atoms with van der Waals surface area (Å²) in [6, 6.07) is 5.70. The zero-order valence-corrected chi connectivity index (χ0v) is 15.2. The minimum atomic E-state index is -0.972. The molecule has 0 unspecified atom stereocenters. The van der Waals surface area contributed by atoms with Crippen molar-refractivity contribution in [1.29, 1.82) is 0 Å². The Hall–Kier alpha value is -3.07. The molecule has 0 fully saturated rings. The Morgan fingerprint density at radius 2 is 2.00 bits per heavy atom. The molecule has 0 aliphatic heterocycles. The molecule has 2 heterocycles. The number of nitrogens with zero attached hydrogens (tertiary/aromatic N) is 1. The highest BCUT2D eigenvalue weighted by Gasteiger charge is 2.20. The van der Waals surface area contributed by atoms with Crippen LogP contribution in [0.3, 0.4) is 0 Å². The van der Waals surface area contributed by atoms with E-state index in [4.69, 9.17) is 4.42 Å². The summed E-state index contributed by atoms with van der Waals surface area (Å²) in [4.78, 5) is 29.2. The zero-order valence-electron chi connectivity index (χ0n) is 14.4. The maximum absolute atomic E-state index is 13.4. The average molecular weight is 391 g/mol. The molecule has 2 aromatic heterocycles. The minimum Gasteiger partial charge on any atom is -0.459 e. The van der Waals surface area contributed by atoms with Crippen molar-refractivity contribution < 1.29 is 22.8 Å². The molecule has 0 radical (unpaired) electrons. The number of rotatable bonds is 5. The van der Waals surface area contributed by atoms with Crippen LogP contribution in [0.1, 0.15) is 22.4 Å². The smallest absolute Gasteiger partial charge is 0.287 e. The van der Waals surface area contributed by atoms with Crippen LogP contribution in [0.15, 0.2) is 41.0 Å². The number of hydrogen-bond acceptors (Lipinski definition) is 5. The van der Waals surface area contributed by atoms with Gasteiger partial charge in [0.25, 0.3) is 5.91 Å². The SMILES string of the molecule is Cc1sc(NC(=O)[C@H](C)NC(=O)c2ccco2)nc1-c1ccc(F)c(F)c1. The number of aryl methyl sites for hydroxylation is 1. The molecule has 27 heavy (non-hydrogen) atoms. The number of hydrogen-bond donors (Lipinski definition) is 2. The van der Waals surface area contributed by atoms with Gasteiger partial charge in [0.2, 0.25) is 5.91 Å². The number of aromatic nitrogens is 1. The number of halogens is 2. The van der Waals surface area contributed by atoms with Crippen LogP contribution in [0.2, 0.25) is 0 Å². The summed E-state index contributed by atoms with van der Waals surface area (Å²) in [5.41, 5.74) is 0.851. The zero-order chi connectivity index (χ0) is 19.6. The second-order valence-corrected chi connectivity index (χ2v) is 6.92. The molecule has 0 aliphatic carbocycles. The molecular weight excluding hydrogens is 376 g/mol. The number of nitrogens with one attached hydrogen (secondary N) is 2. The predicted molar refractivity (Wildman–Crippen MR) is 96.5 cm³/mol. The molecule has 2 amide bonds. The Balaban J connectivity index is 1.69. The summed E-state index contributed by atoms with van der Waals surface area (Å²) in [6.07, 6.45) is 1.36. The van der Waals surface area contributed by atoms with Gasteiger partial charge in [-0.05, 0) is 44.2 Å². The molecule has 0 aliphatic rings. The van der Waals surface area contributed by atoms with Gasteiger partial charge in [-0.15, -0.1) is 11.3 Å². The van der Waals surface area contributed by atoms with Crippen molar-refractivity contribution in [2.24, 2.45) is 0 Å². The number of carbonyl (C=O) groups is 2. The van der Waals surface area contributed by atoms with Crippen LogP contribution in [0.4, 0.5) is 13.9 Å². The van der Waals surface area contributed by atoms with Gasteiger partial charge in [0.15, 0.2) is 22.5 Å². The molecule has 9 heteroatoms. The number of furan rings is 1. The van der Waals surface area contributed by atoms with Crippen LogP contribution in [0, 0.1) is 18.6 Å². The Morgan fingerprint density at radius 3 is 2.67 bits per heavy atom. The van der Waals surface area contributed by atoms with E-state index in [9.17, 15) is 18.4 Å². The molecule has 140 valence electrons. The molecule has 6 nitrogen and oxygen atoms in total. The van der Waals surface area contributed by atoms with Crippen LogP contribution >= 0.6 is 11.3 Å². The quantitative estimate of drug-likeness (QED) is 0.694. The van der Waals surface area contributed by atoms with Crippen molar-refractivity contribution in [3.8, 4) is 11.3 Å². The van der Waals surface area contributed by atoms with Crippen molar-refractivity contribution in [3.63, 3.8) is 0 Å². The Kier molecular flexibility index (Phi) is 5.31. The Bertz CT molecular complexity index is 986. The predicted octanol–water partition coefficient (Wildman–Crippen LogP) is 3.75. The van der Waals surface area contributed by atoms with Gasteiger partial charge in [-0.3, -0.25) is 9.59 Å². The summed E-state index contributed by atoms with van der Waals surface area (Å²) in [5.74, 6) is -2.80. The lowest BCUT2D eigenvalue weighted by Crippen LogP contribution is -2.41. The highest BCUT2D eigenvalue weighted by molar-refractivity contribution is 7.16. The lowest BCUT2D eigenvalue weighted by molar-refractivity contribution is -0.117. The van der Waals surface area contributed by atoms with Gasteiger partial charge in [0.1, 0.15) is 6.04 Å². The van der Waals surface area contributed by atoms with Crippen molar-refractivity contribution in [3.05, 3.63) is 58.9 Å². The van der Waals surface area contributed by atoms with Crippen LogP contribution in [0.5, 0.6) is 0 Å². The van der Waals surface area contributed by atoms with Crippen LogP contribution in [0.25, 0.3) is 11.3 Å². The van der Waals surface area contributed by atoms with Gasteiger partial charge >= 0.3 is 0 Å². The highest BCUT2D eigenvalue weighted by atomic mass is 32.1. The van der Waals surface area contributed by atoms with E-state index in [2.05, 4.69) is 15.6 Å². The summed E-state index contributed by atoms with van der Waals surface area (Å²) in [5, 5.41) is 5.40. The average Bonchev–Trinajstić information content (AvgIpc) is 3.27. The Labute approximate surface area is 157 Å². The number of anilines is 1. The summed E-state index contributed by atoms with van der Waals surface area (Å²) < 4.78 is 31.5. The first-order valence-corrected chi connectivity index (χ1v) is 8.75. The molecule has 0 saturated carbocycles. The van der Waals surface area contributed by atoms with E-state index in [-0.39, 0.29) is 10.9 Å².